The van der Waals surface area contributed by atoms with Gasteiger partial charge in [0.15, 0.2) is 9.84 Å². The lowest BCUT2D eigenvalue weighted by Gasteiger charge is -2.34. The van der Waals surface area contributed by atoms with Crippen molar-refractivity contribution in [2.45, 2.75) is 57.5 Å². The first-order valence-electron chi connectivity index (χ1n) is 10.7. The second-order valence-corrected chi connectivity index (χ2v) is 10.3. The molecule has 0 bridgehead atoms. The first-order valence-corrected chi connectivity index (χ1v) is 12.6. The minimum atomic E-state index is -3.46. The molecule has 162 valence electrons. The maximum absolute atomic E-state index is 13.1. The third-order valence-corrected chi connectivity index (χ3v) is 7.33. The number of amides is 1. The van der Waals surface area contributed by atoms with Gasteiger partial charge in [0.25, 0.3) is 0 Å². The van der Waals surface area contributed by atoms with Gasteiger partial charge in [-0.15, -0.1) is 0 Å². The molecule has 1 aliphatic carbocycles. The van der Waals surface area contributed by atoms with Gasteiger partial charge in [0.05, 0.1) is 5.75 Å². The molecule has 30 heavy (non-hydrogen) atoms. The highest BCUT2D eigenvalue weighted by molar-refractivity contribution is 7.92. The van der Waals surface area contributed by atoms with Crippen LogP contribution < -0.4 is 0 Å². The van der Waals surface area contributed by atoms with Crippen LogP contribution in [0, 0.1) is 0 Å². The minimum Gasteiger partial charge on any atom is -0.508 e. The molecule has 0 atom stereocenters. The number of hydrogen-bond acceptors (Lipinski definition) is 4. The summed E-state index contributed by atoms with van der Waals surface area (Å²) in [6.45, 7) is 0.378. The Morgan fingerprint density at radius 2 is 1.60 bits per heavy atom. The summed E-state index contributed by atoms with van der Waals surface area (Å²) < 4.78 is 25.3. The van der Waals surface area contributed by atoms with Gasteiger partial charge in [-0.2, -0.15) is 0 Å². The number of aryl methyl sites for hydroxylation is 1. The number of phenols is 1. The molecule has 0 saturated heterocycles. The van der Waals surface area contributed by atoms with E-state index in [1.165, 1.54) is 0 Å². The van der Waals surface area contributed by atoms with E-state index < -0.39 is 15.6 Å². The van der Waals surface area contributed by atoms with E-state index in [0.717, 1.165) is 43.2 Å². The van der Waals surface area contributed by atoms with Crippen molar-refractivity contribution < 1.29 is 18.3 Å². The van der Waals surface area contributed by atoms with Crippen molar-refractivity contribution >= 4 is 15.7 Å². The fraction of sp³-hybridized carbons (Fsp3) is 0.458. The van der Waals surface area contributed by atoms with Crippen LogP contribution in [0.2, 0.25) is 0 Å². The number of nitrogens with zero attached hydrogens (tertiary/aromatic N) is 1. The lowest BCUT2D eigenvalue weighted by Crippen LogP contribution is -2.44. The monoisotopic (exact) mass is 429 g/mol. The molecule has 5 nitrogen and oxygen atoms in total. The molecular formula is C24H31NO4S. The van der Waals surface area contributed by atoms with Crippen molar-refractivity contribution in [3.8, 4) is 5.75 Å². The van der Waals surface area contributed by atoms with Gasteiger partial charge in [-0.3, -0.25) is 4.79 Å². The standard InChI is InChI=1S/C24H31NO4S/c26-23-15-13-21(14-16-23)18-25(22-11-5-2-6-12-22)24(27)19-30(28,29)17-7-10-20-8-3-1-4-9-20/h1,3-4,8-9,13-16,22,26H,2,5-7,10-12,17-19H2. The lowest BCUT2D eigenvalue weighted by molar-refractivity contribution is -0.132. The fourth-order valence-electron chi connectivity index (χ4n) is 4.10. The average Bonchev–Trinajstić information content (AvgIpc) is 2.74. The minimum absolute atomic E-state index is 0.0192. The van der Waals surface area contributed by atoms with Crippen molar-refractivity contribution in [1.29, 1.82) is 0 Å². The van der Waals surface area contributed by atoms with Gasteiger partial charge in [-0.25, -0.2) is 8.42 Å². The Bertz CT molecular complexity index is 904. The highest BCUT2D eigenvalue weighted by Gasteiger charge is 2.28. The average molecular weight is 430 g/mol. The molecule has 1 saturated carbocycles. The first kappa shape index (κ1) is 22.3. The molecule has 1 aliphatic rings. The maximum Gasteiger partial charge on any atom is 0.238 e. The quantitative estimate of drug-likeness (QED) is 0.651. The Labute approximate surface area is 179 Å². The highest BCUT2D eigenvalue weighted by Crippen LogP contribution is 2.25. The normalized spacial score (nSPS) is 15.1. The number of aromatic hydroxyl groups is 1. The zero-order chi connectivity index (χ0) is 21.4. The number of carbonyl (C=O) groups excluding carboxylic acids is 1. The molecule has 0 aromatic heterocycles. The van der Waals surface area contributed by atoms with E-state index in [4.69, 9.17) is 0 Å². The SMILES string of the molecule is O=C(CS(=O)(=O)CCCc1ccccc1)N(Cc1ccc(O)cc1)C1CCCCC1. The zero-order valence-corrected chi connectivity index (χ0v) is 18.2. The van der Waals surface area contributed by atoms with Gasteiger partial charge in [-0.05, 0) is 48.9 Å². The van der Waals surface area contributed by atoms with Crippen LogP contribution >= 0.6 is 0 Å². The highest BCUT2D eigenvalue weighted by atomic mass is 32.2. The Morgan fingerprint density at radius 3 is 2.27 bits per heavy atom. The topological polar surface area (TPSA) is 74.7 Å². The van der Waals surface area contributed by atoms with E-state index in [2.05, 4.69) is 0 Å². The summed E-state index contributed by atoms with van der Waals surface area (Å²) in [4.78, 5) is 14.8. The van der Waals surface area contributed by atoms with Gasteiger partial charge in [-0.1, -0.05) is 61.7 Å². The van der Waals surface area contributed by atoms with E-state index in [1.807, 2.05) is 30.3 Å². The molecule has 0 unspecified atom stereocenters. The molecule has 2 aromatic rings. The van der Waals surface area contributed by atoms with Gasteiger partial charge < -0.3 is 10.0 Å². The second-order valence-electron chi connectivity index (χ2n) is 8.16. The van der Waals surface area contributed by atoms with E-state index in [0.29, 0.717) is 19.4 Å². The maximum atomic E-state index is 13.1. The van der Waals surface area contributed by atoms with E-state index >= 15 is 0 Å². The van der Waals surface area contributed by atoms with Crippen LogP contribution in [0.15, 0.2) is 54.6 Å². The van der Waals surface area contributed by atoms with Crippen LogP contribution in [-0.4, -0.2) is 41.9 Å². The number of sulfone groups is 1. The molecule has 0 aliphatic heterocycles. The summed E-state index contributed by atoms with van der Waals surface area (Å²) in [5.74, 6) is -0.549. The molecule has 0 heterocycles. The molecule has 1 N–H and O–H groups in total. The number of hydrogen-bond donors (Lipinski definition) is 1. The molecule has 1 fully saturated rings. The molecule has 3 rings (SSSR count). The predicted octanol–water partition coefficient (Wildman–Crippen LogP) is 4.10. The lowest BCUT2D eigenvalue weighted by atomic mass is 9.94. The van der Waals surface area contributed by atoms with Crippen molar-refractivity contribution in [1.82, 2.24) is 4.90 Å². The van der Waals surface area contributed by atoms with Crippen molar-refractivity contribution in [3.05, 3.63) is 65.7 Å². The van der Waals surface area contributed by atoms with Gasteiger partial charge in [0.2, 0.25) is 5.91 Å². The molecule has 0 spiro atoms. The summed E-state index contributed by atoms with van der Waals surface area (Å²) >= 11 is 0. The Balaban J connectivity index is 1.62. The van der Waals surface area contributed by atoms with Crippen LogP contribution in [-0.2, 0) is 27.6 Å². The van der Waals surface area contributed by atoms with E-state index in [1.54, 1.807) is 29.2 Å². The van der Waals surface area contributed by atoms with Crippen LogP contribution in [0.3, 0.4) is 0 Å². The molecule has 1 amide bonds. The third-order valence-electron chi connectivity index (χ3n) is 5.73. The number of carbonyl (C=O) groups is 1. The van der Waals surface area contributed by atoms with Gasteiger partial charge >= 0.3 is 0 Å². The van der Waals surface area contributed by atoms with Crippen molar-refractivity contribution in [2.24, 2.45) is 0 Å². The largest absolute Gasteiger partial charge is 0.508 e. The summed E-state index contributed by atoms with van der Waals surface area (Å²) in [5.41, 5.74) is 2.00. The van der Waals surface area contributed by atoms with Crippen LogP contribution in [0.5, 0.6) is 5.75 Å². The summed E-state index contributed by atoms with van der Waals surface area (Å²) in [7, 11) is -3.46. The Hall–Kier alpha value is -2.34. The number of rotatable bonds is 9. The molecule has 0 radical (unpaired) electrons. The summed E-state index contributed by atoms with van der Waals surface area (Å²) in [5, 5.41) is 9.51. The van der Waals surface area contributed by atoms with E-state index in [9.17, 15) is 18.3 Å². The van der Waals surface area contributed by atoms with Crippen LogP contribution in [0.4, 0.5) is 0 Å². The van der Waals surface area contributed by atoms with Crippen LogP contribution in [0.25, 0.3) is 0 Å². The summed E-state index contributed by atoms with van der Waals surface area (Å²) in [6, 6.07) is 16.6. The van der Waals surface area contributed by atoms with E-state index in [-0.39, 0.29) is 23.5 Å². The van der Waals surface area contributed by atoms with Gasteiger partial charge in [0.1, 0.15) is 11.5 Å². The molecule has 6 heteroatoms. The van der Waals surface area contributed by atoms with Crippen molar-refractivity contribution in [2.75, 3.05) is 11.5 Å². The summed E-state index contributed by atoms with van der Waals surface area (Å²) in [6.07, 6.45) is 6.32. The Kier molecular flexibility index (Phi) is 7.91. The number of phenolic OH excluding ortho intramolecular Hbond substituents is 1. The molecular weight excluding hydrogens is 398 g/mol. The smallest absolute Gasteiger partial charge is 0.238 e. The van der Waals surface area contributed by atoms with Crippen molar-refractivity contribution in [3.63, 3.8) is 0 Å². The van der Waals surface area contributed by atoms with Gasteiger partial charge in [0, 0.05) is 12.6 Å². The molecule has 2 aromatic carbocycles. The number of benzene rings is 2. The predicted molar refractivity (Wildman–Crippen MR) is 119 cm³/mol. The first-order chi connectivity index (χ1) is 14.4. The third kappa shape index (κ3) is 6.87. The zero-order valence-electron chi connectivity index (χ0n) is 17.4. The second kappa shape index (κ2) is 10.6. The van der Waals surface area contributed by atoms with Crippen LogP contribution in [0.1, 0.15) is 49.7 Å². The fourth-order valence-corrected chi connectivity index (χ4v) is 5.37. The Morgan fingerprint density at radius 1 is 0.933 bits per heavy atom.